The Bertz CT molecular complexity index is 447. The van der Waals surface area contributed by atoms with Crippen molar-refractivity contribution in [2.24, 2.45) is 5.73 Å². The average Bonchev–Trinajstić information content (AvgIpc) is 2.63. The van der Waals surface area contributed by atoms with Crippen LogP contribution in [0.25, 0.3) is 0 Å². The highest BCUT2D eigenvalue weighted by atomic mass is 35.5. The van der Waals surface area contributed by atoms with Gasteiger partial charge in [0.1, 0.15) is 23.0 Å². The molecule has 0 saturated carbocycles. The van der Waals surface area contributed by atoms with Crippen LogP contribution >= 0.6 is 12.4 Å². The maximum atomic E-state index is 13.4. The topological polar surface area (TPSA) is 46.3 Å². The number of carbonyl (C=O) groups is 1. The quantitative estimate of drug-likeness (QED) is 0.851. The highest BCUT2D eigenvalue weighted by Crippen LogP contribution is 2.19. The van der Waals surface area contributed by atoms with E-state index in [0.29, 0.717) is 25.1 Å². The van der Waals surface area contributed by atoms with E-state index in [2.05, 4.69) is 0 Å². The molecule has 2 rings (SSSR count). The van der Waals surface area contributed by atoms with Crippen LogP contribution in [0.15, 0.2) is 12.1 Å². The normalized spacial score (nSPS) is 18.7. The van der Waals surface area contributed by atoms with Gasteiger partial charge in [0.15, 0.2) is 0 Å². The fraction of sp³-hybridized carbons (Fsp3) is 0.364. The van der Waals surface area contributed by atoms with Gasteiger partial charge in [-0.15, -0.1) is 12.4 Å². The minimum absolute atomic E-state index is 0. The lowest BCUT2D eigenvalue weighted by molar-refractivity contribution is 0.0781. The molecule has 1 aliphatic heterocycles. The SMILES string of the molecule is Cl.N[C@H]1CCN(C(=O)c2c(F)cc(F)cc2F)C1. The average molecular weight is 281 g/mol. The van der Waals surface area contributed by atoms with E-state index in [1.165, 1.54) is 4.90 Å². The molecule has 0 spiro atoms. The van der Waals surface area contributed by atoms with Gasteiger partial charge in [0.2, 0.25) is 0 Å². The Morgan fingerprint density at radius 3 is 2.28 bits per heavy atom. The summed E-state index contributed by atoms with van der Waals surface area (Å²) in [4.78, 5) is 13.1. The van der Waals surface area contributed by atoms with Gasteiger partial charge in [0.05, 0.1) is 0 Å². The first-order valence-electron chi connectivity index (χ1n) is 5.18. The van der Waals surface area contributed by atoms with Gasteiger partial charge in [-0.25, -0.2) is 13.2 Å². The maximum Gasteiger partial charge on any atom is 0.259 e. The molecule has 0 unspecified atom stereocenters. The van der Waals surface area contributed by atoms with E-state index in [0.717, 1.165) is 0 Å². The molecule has 1 saturated heterocycles. The molecule has 7 heteroatoms. The number of likely N-dealkylation sites (tertiary alicyclic amines) is 1. The summed E-state index contributed by atoms with van der Waals surface area (Å²) in [5.41, 5.74) is 4.88. The van der Waals surface area contributed by atoms with Crippen molar-refractivity contribution < 1.29 is 18.0 Å². The molecule has 0 bridgehead atoms. The molecule has 100 valence electrons. The second-order valence-corrected chi connectivity index (χ2v) is 4.04. The molecule has 1 aliphatic rings. The molecule has 1 aromatic rings. The van der Waals surface area contributed by atoms with Crippen LogP contribution in [0.1, 0.15) is 16.8 Å². The number of halogens is 4. The van der Waals surface area contributed by atoms with Crippen LogP contribution in [0.2, 0.25) is 0 Å². The van der Waals surface area contributed by atoms with Crippen molar-refractivity contribution in [1.29, 1.82) is 0 Å². The summed E-state index contributed by atoms with van der Waals surface area (Å²) >= 11 is 0. The van der Waals surface area contributed by atoms with E-state index < -0.39 is 28.9 Å². The van der Waals surface area contributed by atoms with Gasteiger partial charge < -0.3 is 10.6 Å². The second-order valence-electron chi connectivity index (χ2n) is 4.04. The number of benzene rings is 1. The van der Waals surface area contributed by atoms with E-state index in [-0.39, 0.29) is 25.0 Å². The lowest BCUT2D eigenvalue weighted by Gasteiger charge is -2.16. The Morgan fingerprint density at radius 1 is 1.28 bits per heavy atom. The third kappa shape index (κ3) is 2.76. The summed E-state index contributed by atoms with van der Waals surface area (Å²) < 4.78 is 39.4. The molecular weight excluding hydrogens is 269 g/mol. The van der Waals surface area contributed by atoms with Crippen LogP contribution in [0.3, 0.4) is 0 Å². The monoisotopic (exact) mass is 280 g/mol. The van der Waals surface area contributed by atoms with Crippen LogP contribution in [0.5, 0.6) is 0 Å². The van der Waals surface area contributed by atoms with Crippen molar-refractivity contribution in [2.45, 2.75) is 12.5 Å². The smallest absolute Gasteiger partial charge is 0.259 e. The van der Waals surface area contributed by atoms with E-state index in [4.69, 9.17) is 5.73 Å². The summed E-state index contributed by atoms with van der Waals surface area (Å²) in [5.74, 6) is -4.21. The zero-order valence-corrected chi connectivity index (χ0v) is 10.1. The van der Waals surface area contributed by atoms with E-state index in [1.54, 1.807) is 0 Å². The zero-order valence-electron chi connectivity index (χ0n) is 9.33. The summed E-state index contributed by atoms with van der Waals surface area (Å²) in [5, 5.41) is 0. The van der Waals surface area contributed by atoms with E-state index >= 15 is 0 Å². The molecule has 3 nitrogen and oxygen atoms in total. The van der Waals surface area contributed by atoms with Gasteiger partial charge in [0.25, 0.3) is 5.91 Å². The Hall–Kier alpha value is -1.27. The van der Waals surface area contributed by atoms with Gasteiger partial charge in [-0.1, -0.05) is 0 Å². The zero-order chi connectivity index (χ0) is 12.6. The number of nitrogens with zero attached hydrogens (tertiary/aromatic N) is 1. The first-order chi connectivity index (χ1) is 7.99. The second kappa shape index (κ2) is 5.58. The minimum atomic E-state index is -1.19. The van der Waals surface area contributed by atoms with Crippen molar-refractivity contribution in [3.05, 3.63) is 35.1 Å². The Balaban J connectivity index is 0.00000162. The summed E-state index contributed by atoms with van der Waals surface area (Å²) in [6.07, 6.45) is 0.593. The Kier molecular flexibility index (Phi) is 4.59. The fourth-order valence-electron chi connectivity index (χ4n) is 1.88. The van der Waals surface area contributed by atoms with Crippen molar-refractivity contribution in [2.75, 3.05) is 13.1 Å². The van der Waals surface area contributed by atoms with Crippen molar-refractivity contribution >= 4 is 18.3 Å². The molecule has 18 heavy (non-hydrogen) atoms. The van der Waals surface area contributed by atoms with Crippen LogP contribution in [0, 0.1) is 17.5 Å². The number of amides is 1. The molecule has 2 N–H and O–H groups in total. The molecule has 1 heterocycles. The highest BCUT2D eigenvalue weighted by molar-refractivity contribution is 5.95. The number of hydrogen-bond acceptors (Lipinski definition) is 2. The molecule has 0 radical (unpaired) electrons. The van der Waals surface area contributed by atoms with Crippen LogP contribution in [-0.2, 0) is 0 Å². The fourth-order valence-corrected chi connectivity index (χ4v) is 1.88. The van der Waals surface area contributed by atoms with Gasteiger partial charge in [0, 0.05) is 31.3 Å². The first kappa shape index (κ1) is 14.8. The standard InChI is InChI=1S/C11H11F3N2O.ClH/c12-6-3-8(13)10(9(14)4-6)11(17)16-2-1-7(15)5-16;/h3-4,7H,1-2,5,15H2;1H/t7-;/m0./s1. The predicted molar refractivity (Wildman–Crippen MR) is 62.1 cm³/mol. The number of rotatable bonds is 1. The van der Waals surface area contributed by atoms with Gasteiger partial charge in [-0.2, -0.15) is 0 Å². The number of nitrogens with two attached hydrogens (primary N) is 1. The van der Waals surface area contributed by atoms with Crippen LogP contribution < -0.4 is 5.73 Å². The lowest BCUT2D eigenvalue weighted by Crippen LogP contribution is -2.33. The minimum Gasteiger partial charge on any atom is -0.337 e. The van der Waals surface area contributed by atoms with Gasteiger partial charge in [-0.05, 0) is 6.42 Å². The largest absolute Gasteiger partial charge is 0.337 e. The molecule has 1 fully saturated rings. The number of hydrogen-bond donors (Lipinski definition) is 1. The number of carbonyl (C=O) groups excluding carboxylic acids is 1. The Morgan fingerprint density at radius 2 is 1.83 bits per heavy atom. The van der Waals surface area contributed by atoms with E-state index in [9.17, 15) is 18.0 Å². The molecular formula is C11H12ClF3N2O. The first-order valence-corrected chi connectivity index (χ1v) is 5.18. The predicted octanol–water partition coefficient (Wildman–Crippen LogP) is 1.70. The molecule has 0 aromatic heterocycles. The lowest BCUT2D eigenvalue weighted by atomic mass is 10.1. The van der Waals surface area contributed by atoms with Crippen molar-refractivity contribution in [3.8, 4) is 0 Å². The molecule has 1 aromatic carbocycles. The maximum absolute atomic E-state index is 13.4. The summed E-state index contributed by atoms with van der Waals surface area (Å²) in [6, 6.07) is 0.809. The molecule has 0 aliphatic carbocycles. The van der Waals surface area contributed by atoms with E-state index in [1.807, 2.05) is 0 Å². The molecule has 1 amide bonds. The Labute approximate surface area is 108 Å². The highest BCUT2D eigenvalue weighted by Gasteiger charge is 2.28. The van der Waals surface area contributed by atoms with Gasteiger partial charge in [-0.3, -0.25) is 4.79 Å². The van der Waals surface area contributed by atoms with Crippen LogP contribution in [0.4, 0.5) is 13.2 Å². The van der Waals surface area contributed by atoms with Crippen molar-refractivity contribution in [1.82, 2.24) is 4.90 Å². The third-order valence-electron chi connectivity index (χ3n) is 2.73. The molecule has 1 atom stereocenters. The summed E-state index contributed by atoms with van der Waals surface area (Å²) in [7, 11) is 0. The third-order valence-corrected chi connectivity index (χ3v) is 2.73. The van der Waals surface area contributed by atoms with Gasteiger partial charge >= 0.3 is 0 Å². The van der Waals surface area contributed by atoms with Crippen LogP contribution in [-0.4, -0.2) is 29.9 Å². The van der Waals surface area contributed by atoms with Crippen molar-refractivity contribution in [3.63, 3.8) is 0 Å². The summed E-state index contributed by atoms with van der Waals surface area (Å²) in [6.45, 7) is 0.616.